The quantitative estimate of drug-likeness (QED) is 0.657. The fraction of sp³-hybridized carbons (Fsp3) is 0. The first kappa shape index (κ1) is 15.9. The number of aromatic hydroxyl groups is 1. The van der Waals surface area contributed by atoms with E-state index < -0.39 is 63.3 Å². The SMILES string of the molecule is Oc1cc(F)c(-c2c(F)c(F)c(OF)c(F)c2F)c(F)c1F. The summed E-state index contributed by atoms with van der Waals surface area (Å²) in [6, 6.07) is -0.0675. The van der Waals surface area contributed by atoms with Crippen LogP contribution in [0.4, 0.5) is 35.3 Å². The Bertz CT molecular complexity index is 746. The summed E-state index contributed by atoms with van der Waals surface area (Å²) in [6.07, 6.45) is 0. The van der Waals surface area contributed by atoms with Crippen molar-refractivity contribution in [3.63, 3.8) is 0 Å². The van der Waals surface area contributed by atoms with E-state index in [1.54, 1.807) is 0 Å². The van der Waals surface area contributed by atoms with Crippen LogP contribution in [-0.2, 0) is 0 Å². The van der Waals surface area contributed by atoms with E-state index in [2.05, 4.69) is 4.94 Å². The lowest BCUT2D eigenvalue weighted by Gasteiger charge is -2.12. The molecule has 0 atom stereocenters. The number of benzene rings is 2. The molecule has 0 unspecified atom stereocenters. The summed E-state index contributed by atoms with van der Waals surface area (Å²) < 4.78 is 106. The van der Waals surface area contributed by atoms with E-state index in [4.69, 9.17) is 5.11 Å². The van der Waals surface area contributed by atoms with Crippen LogP contribution in [0, 0.1) is 40.7 Å². The summed E-state index contributed by atoms with van der Waals surface area (Å²) in [5.41, 5.74) is -3.79. The molecule has 0 saturated heterocycles. The van der Waals surface area contributed by atoms with E-state index in [1.807, 2.05) is 0 Å². The minimum absolute atomic E-state index is 0.0675. The van der Waals surface area contributed by atoms with Crippen molar-refractivity contribution in [2.75, 3.05) is 0 Å². The Morgan fingerprint density at radius 1 is 0.682 bits per heavy atom. The van der Waals surface area contributed by atoms with Gasteiger partial charge in [0.05, 0.1) is 11.1 Å². The van der Waals surface area contributed by atoms with Gasteiger partial charge >= 0.3 is 0 Å². The van der Waals surface area contributed by atoms with Crippen LogP contribution in [0.5, 0.6) is 11.5 Å². The lowest BCUT2D eigenvalue weighted by molar-refractivity contribution is -0.0168. The molecule has 0 bridgehead atoms. The Hall–Kier alpha value is -2.52. The van der Waals surface area contributed by atoms with Gasteiger partial charge in [-0.25, -0.2) is 17.6 Å². The molecule has 2 aromatic rings. The third-order valence-corrected chi connectivity index (χ3v) is 2.69. The van der Waals surface area contributed by atoms with E-state index >= 15 is 0 Å². The zero-order chi connectivity index (χ0) is 16.8. The molecule has 0 aliphatic rings. The van der Waals surface area contributed by atoms with Gasteiger partial charge in [0.25, 0.3) is 0 Å². The molecule has 0 radical (unpaired) electrons. The lowest BCUT2D eigenvalue weighted by Crippen LogP contribution is -2.06. The minimum atomic E-state index is -2.43. The zero-order valence-electron chi connectivity index (χ0n) is 9.96. The lowest BCUT2D eigenvalue weighted by atomic mass is 10.0. The molecule has 10 heteroatoms. The first-order chi connectivity index (χ1) is 10.2. The van der Waals surface area contributed by atoms with Gasteiger partial charge in [-0.1, -0.05) is 0 Å². The van der Waals surface area contributed by atoms with Crippen molar-refractivity contribution in [1.82, 2.24) is 0 Å². The van der Waals surface area contributed by atoms with E-state index in [9.17, 15) is 35.3 Å². The van der Waals surface area contributed by atoms with Gasteiger partial charge in [-0.15, -0.1) is 0 Å². The van der Waals surface area contributed by atoms with Crippen molar-refractivity contribution in [3.8, 4) is 22.6 Å². The van der Waals surface area contributed by atoms with Gasteiger partial charge in [0.1, 0.15) is 5.82 Å². The summed E-state index contributed by atoms with van der Waals surface area (Å²) in [6.45, 7) is 0. The maximum atomic E-state index is 13.6. The van der Waals surface area contributed by atoms with Gasteiger partial charge in [-0.3, -0.25) is 4.94 Å². The van der Waals surface area contributed by atoms with Gasteiger partial charge in [-0.2, -0.15) is 13.2 Å². The smallest absolute Gasteiger partial charge is 0.249 e. The Morgan fingerprint density at radius 3 is 1.59 bits per heavy atom. The number of phenolic OH excluding ortho intramolecular Hbond substituents is 1. The summed E-state index contributed by atoms with van der Waals surface area (Å²) in [5, 5.41) is 8.82. The normalized spacial score (nSPS) is 10.9. The van der Waals surface area contributed by atoms with Gasteiger partial charge in [-0.05, 0) is 0 Å². The maximum Gasteiger partial charge on any atom is 0.249 e. The highest BCUT2D eigenvalue weighted by molar-refractivity contribution is 5.69. The van der Waals surface area contributed by atoms with Crippen LogP contribution < -0.4 is 4.94 Å². The molecule has 118 valence electrons. The zero-order valence-corrected chi connectivity index (χ0v) is 9.96. The van der Waals surface area contributed by atoms with Crippen molar-refractivity contribution in [2.45, 2.75) is 0 Å². The fourth-order valence-corrected chi connectivity index (χ4v) is 1.71. The summed E-state index contributed by atoms with van der Waals surface area (Å²) in [7, 11) is 0. The number of hydrogen-bond acceptors (Lipinski definition) is 2. The van der Waals surface area contributed by atoms with E-state index in [0.717, 1.165) is 0 Å². The maximum absolute atomic E-state index is 13.6. The van der Waals surface area contributed by atoms with Crippen molar-refractivity contribution in [2.24, 2.45) is 0 Å². The Kier molecular flexibility index (Phi) is 3.86. The molecule has 0 aromatic heterocycles. The number of rotatable bonds is 2. The standard InChI is InChI=1S/C12H2F8O2/c13-2-1-3(21)6(14)7(15)4(2)5-8(16)10(18)12(22-20)11(19)9(5)17/h1,21H. The van der Waals surface area contributed by atoms with Crippen molar-refractivity contribution in [3.05, 3.63) is 46.8 Å². The average Bonchev–Trinajstić information content (AvgIpc) is 2.47. The van der Waals surface area contributed by atoms with Crippen molar-refractivity contribution < 1.29 is 45.3 Å². The Balaban J connectivity index is 2.94. The largest absolute Gasteiger partial charge is 0.505 e. The second kappa shape index (κ2) is 5.35. The molecule has 0 aliphatic heterocycles. The third kappa shape index (κ3) is 2.11. The summed E-state index contributed by atoms with van der Waals surface area (Å²) >= 11 is 0. The number of halogens is 8. The average molecular weight is 330 g/mol. The molecule has 2 aromatic carbocycles. The molecule has 22 heavy (non-hydrogen) atoms. The second-order valence-corrected chi connectivity index (χ2v) is 3.92. The molecule has 2 rings (SSSR count). The molecular weight excluding hydrogens is 328 g/mol. The summed E-state index contributed by atoms with van der Waals surface area (Å²) in [4.78, 5) is 2.60. The van der Waals surface area contributed by atoms with Crippen LogP contribution >= 0.6 is 0 Å². The predicted molar refractivity (Wildman–Crippen MR) is 55.0 cm³/mol. The van der Waals surface area contributed by atoms with Crippen LogP contribution in [0.3, 0.4) is 0 Å². The highest BCUT2D eigenvalue weighted by atomic mass is 19.3. The van der Waals surface area contributed by atoms with Crippen LogP contribution in [-0.4, -0.2) is 5.11 Å². The van der Waals surface area contributed by atoms with Gasteiger partial charge in [0.2, 0.25) is 23.2 Å². The molecule has 0 aliphatic carbocycles. The molecule has 1 N–H and O–H groups in total. The van der Waals surface area contributed by atoms with E-state index in [0.29, 0.717) is 0 Å². The molecule has 0 saturated carbocycles. The third-order valence-electron chi connectivity index (χ3n) is 2.69. The predicted octanol–water partition coefficient (Wildman–Crippen LogP) is 4.30. The van der Waals surface area contributed by atoms with Crippen LogP contribution in [0.2, 0.25) is 0 Å². The van der Waals surface area contributed by atoms with Crippen LogP contribution in [0.1, 0.15) is 0 Å². The van der Waals surface area contributed by atoms with Crippen LogP contribution in [0.15, 0.2) is 6.07 Å². The van der Waals surface area contributed by atoms with E-state index in [1.165, 1.54) is 0 Å². The molecule has 0 amide bonds. The fourth-order valence-electron chi connectivity index (χ4n) is 1.71. The van der Waals surface area contributed by atoms with Gasteiger partial charge < -0.3 is 5.11 Å². The molecule has 0 spiro atoms. The van der Waals surface area contributed by atoms with Gasteiger partial charge in [0, 0.05) is 10.6 Å². The van der Waals surface area contributed by atoms with Crippen molar-refractivity contribution in [1.29, 1.82) is 0 Å². The second-order valence-electron chi connectivity index (χ2n) is 3.92. The Labute approximate surface area is 116 Å². The molecular formula is C12H2F8O2. The molecule has 0 heterocycles. The Morgan fingerprint density at radius 2 is 1.14 bits per heavy atom. The first-order valence-corrected chi connectivity index (χ1v) is 5.23. The summed E-state index contributed by atoms with van der Waals surface area (Å²) in [5.74, 6) is -19.7. The van der Waals surface area contributed by atoms with Crippen molar-refractivity contribution >= 4 is 0 Å². The van der Waals surface area contributed by atoms with Crippen LogP contribution in [0.25, 0.3) is 11.1 Å². The highest BCUT2D eigenvalue weighted by Crippen LogP contribution is 2.39. The first-order valence-electron chi connectivity index (χ1n) is 5.23. The number of hydrogen-bond donors (Lipinski definition) is 1. The monoisotopic (exact) mass is 330 g/mol. The topological polar surface area (TPSA) is 29.5 Å². The van der Waals surface area contributed by atoms with Gasteiger partial charge in [0.15, 0.2) is 23.2 Å². The molecule has 2 nitrogen and oxygen atoms in total. The number of phenols is 1. The van der Waals surface area contributed by atoms with E-state index in [-0.39, 0.29) is 6.07 Å². The minimum Gasteiger partial charge on any atom is -0.505 e. The highest BCUT2D eigenvalue weighted by Gasteiger charge is 2.32. The molecule has 0 fully saturated rings.